The van der Waals surface area contributed by atoms with E-state index in [0.717, 1.165) is 43.4 Å². The number of rotatable bonds is 1. The van der Waals surface area contributed by atoms with E-state index in [1.165, 1.54) is 0 Å². The van der Waals surface area contributed by atoms with E-state index < -0.39 is 0 Å². The summed E-state index contributed by atoms with van der Waals surface area (Å²) in [5, 5.41) is 0. The van der Waals surface area contributed by atoms with Crippen molar-refractivity contribution in [2.75, 3.05) is 38.1 Å². The van der Waals surface area contributed by atoms with Gasteiger partial charge in [0.1, 0.15) is 0 Å². The molecule has 4 heteroatoms. The summed E-state index contributed by atoms with van der Waals surface area (Å²) in [6.07, 6.45) is 1.91. The summed E-state index contributed by atoms with van der Waals surface area (Å²) in [6, 6.07) is 0. The number of piperazine rings is 1. The smallest absolute Gasteiger partial charge is 0.225 e. The second-order valence-corrected chi connectivity index (χ2v) is 4.23. The molecule has 1 fully saturated rings. The lowest BCUT2D eigenvalue weighted by molar-refractivity contribution is 0.311. The number of aryl methyl sites for hydroxylation is 2. The van der Waals surface area contributed by atoms with Crippen molar-refractivity contribution in [2.24, 2.45) is 0 Å². The minimum absolute atomic E-state index is 0.881. The van der Waals surface area contributed by atoms with Crippen molar-refractivity contribution in [2.45, 2.75) is 13.8 Å². The molecule has 0 atom stereocenters. The van der Waals surface area contributed by atoms with Crippen LogP contribution >= 0.6 is 0 Å². The molecule has 0 amide bonds. The molecular weight excluding hydrogens is 188 g/mol. The van der Waals surface area contributed by atoms with Gasteiger partial charge in [0.05, 0.1) is 0 Å². The van der Waals surface area contributed by atoms with Crippen molar-refractivity contribution in [3.8, 4) is 0 Å². The molecule has 0 spiro atoms. The average Bonchev–Trinajstić information content (AvgIpc) is 2.23. The number of anilines is 1. The summed E-state index contributed by atoms with van der Waals surface area (Å²) in [7, 11) is 2.15. The number of likely N-dealkylation sites (N-methyl/N-ethyl adjacent to an activating group) is 1. The van der Waals surface area contributed by atoms with Crippen LogP contribution in [0.1, 0.15) is 11.3 Å². The third-order valence-corrected chi connectivity index (χ3v) is 3.00. The third-order valence-electron chi connectivity index (χ3n) is 3.00. The van der Waals surface area contributed by atoms with Crippen LogP contribution in [0.15, 0.2) is 6.20 Å². The van der Waals surface area contributed by atoms with Gasteiger partial charge in [-0.25, -0.2) is 9.97 Å². The standard InChI is InChI=1S/C11H18N4/c1-9-8-12-11(13-10(9)2)15-6-4-14(3)5-7-15/h8H,4-7H2,1-3H3. The maximum absolute atomic E-state index is 4.52. The second-order valence-electron chi connectivity index (χ2n) is 4.23. The predicted octanol–water partition coefficient (Wildman–Crippen LogP) is 0.845. The molecule has 0 radical (unpaired) electrons. The molecule has 0 N–H and O–H groups in total. The first-order chi connectivity index (χ1) is 7.16. The Morgan fingerprint density at radius 3 is 2.40 bits per heavy atom. The van der Waals surface area contributed by atoms with Gasteiger partial charge in [0, 0.05) is 38.1 Å². The Morgan fingerprint density at radius 2 is 1.80 bits per heavy atom. The minimum atomic E-state index is 0.881. The van der Waals surface area contributed by atoms with E-state index in [2.05, 4.69) is 26.8 Å². The molecular formula is C11H18N4. The molecule has 0 saturated carbocycles. The van der Waals surface area contributed by atoms with Crippen molar-refractivity contribution in [3.63, 3.8) is 0 Å². The van der Waals surface area contributed by atoms with E-state index in [4.69, 9.17) is 0 Å². The average molecular weight is 206 g/mol. The minimum Gasteiger partial charge on any atom is -0.338 e. The lowest BCUT2D eigenvalue weighted by atomic mass is 10.3. The largest absolute Gasteiger partial charge is 0.338 e. The van der Waals surface area contributed by atoms with Crippen molar-refractivity contribution >= 4 is 5.95 Å². The maximum atomic E-state index is 4.52. The molecule has 0 aromatic carbocycles. The van der Waals surface area contributed by atoms with Gasteiger partial charge in [0.25, 0.3) is 0 Å². The van der Waals surface area contributed by atoms with Gasteiger partial charge >= 0.3 is 0 Å². The number of hydrogen-bond acceptors (Lipinski definition) is 4. The Labute approximate surface area is 90.9 Å². The van der Waals surface area contributed by atoms with Gasteiger partial charge in [-0.3, -0.25) is 0 Å². The molecule has 0 bridgehead atoms. The molecule has 2 heterocycles. The topological polar surface area (TPSA) is 32.3 Å². The summed E-state index contributed by atoms with van der Waals surface area (Å²) in [5.41, 5.74) is 2.24. The van der Waals surface area contributed by atoms with E-state index in [9.17, 15) is 0 Å². The van der Waals surface area contributed by atoms with Crippen molar-refractivity contribution in [1.82, 2.24) is 14.9 Å². The summed E-state index contributed by atoms with van der Waals surface area (Å²) in [5.74, 6) is 0.881. The molecule has 4 nitrogen and oxygen atoms in total. The zero-order valence-electron chi connectivity index (χ0n) is 9.69. The fourth-order valence-electron chi connectivity index (χ4n) is 1.67. The van der Waals surface area contributed by atoms with Crippen LogP contribution in [0.3, 0.4) is 0 Å². The van der Waals surface area contributed by atoms with Gasteiger partial charge in [-0.1, -0.05) is 0 Å². The predicted molar refractivity (Wildman–Crippen MR) is 61.2 cm³/mol. The lowest BCUT2D eigenvalue weighted by Gasteiger charge is -2.32. The van der Waals surface area contributed by atoms with Crippen LogP contribution in [-0.2, 0) is 0 Å². The molecule has 1 aromatic heterocycles. The molecule has 2 rings (SSSR count). The van der Waals surface area contributed by atoms with Gasteiger partial charge in [-0.15, -0.1) is 0 Å². The first kappa shape index (κ1) is 10.4. The Morgan fingerprint density at radius 1 is 1.13 bits per heavy atom. The zero-order chi connectivity index (χ0) is 10.8. The maximum Gasteiger partial charge on any atom is 0.225 e. The van der Waals surface area contributed by atoms with Crippen molar-refractivity contribution in [3.05, 3.63) is 17.5 Å². The van der Waals surface area contributed by atoms with Crippen molar-refractivity contribution in [1.29, 1.82) is 0 Å². The van der Waals surface area contributed by atoms with Crippen LogP contribution in [-0.4, -0.2) is 48.1 Å². The Bertz CT molecular complexity index is 342. The molecule has 0 aliphatic carbocycles. The van der Waals surface area contributed by atoms with Crippen molar-refractivity contribution < 1.29 is 0 Å². The quantitative estimate of drug-likeness (QED) is 0.682. The normalized spacial score (nSPS) is 18.2. The van der Waals surface area contributed by atoms with Crippen LogP contribution in [0.2, 0.25) is 0 Å². The Balaban J connectivity index is 2.12. The zero-order valence-corrected chi connectivity index (χ0v) is 9.69. The highest BCUT2D eigenvalue weighted by Gasteiger charge is 2.16. The molecule has 1 aromatic rings. The Kier molecular flexibility index (Phi) is 2.86. The number of nitrogens with zero attached hydrogens (tertiary/aromatic N) is 4. The summed E-state index contributed by atoms with van der Waals surface area (Å²) in [6.45, 7) is 8.32. The Hall–Kier alpha value is -1.16. The fourth-order valence-corrected chi connectivity index (χ4v) is 1.67. The van der Waals surface area contributed by atoms with E-state index in [0.29, 0.717) is 0 Å². The highest BCUT2D eigenvalue weighted by atomic mass is 15.3. The highest BCUT2D eigenvalue weighted by molar-refractivity contribution is 5.33. The summed E-state index contributed by atoms with van der Waals surface area (Å²) < 4.78 is 0. The highest BCUT2D eigenvalue weighted by Crippen LogP contribution is 2.12. The first-order valence-corrected chi connectivity index (χ1v) is 5.40. The third kappa shape index (κ3) is 2.26. The summed E-state index contributed by atoms with van der Waals surface area (Å²) in [4.78, 5) is 13.5. The van der Waals surface area contributed by atoms with Gasteiger partial charge < -0.3 is 9.80 Å². The van der Waals surface area contributed by atoms with E-state index in [1.54, 1.807) is 0 Å². The first-order valence-electron chi connectivity index (χ1n) is 5.40. The van der Waals surface area contributed by atoms with Gasteiger partial charge in [0.15, 0.2) is 0 Å². The lowest BCUT2D eigenvalue weighted by Crippen LogP contribution is -2.45. The molecule has 1 saturated heterocycles. The molecule has 15 heavy (non-hydrogen) atoms. The second kappa shape index (κ2) is 4.14. The van der Waals surface area contributed by atoms with Crippen LogP contribution in [0.25, 0.3) is 0 Å². The number of hydrogen-bond donors (Lipinski definition) is 0. The number of aromatic nitrogens is 2. The van der Waals surface area contributed by atoms with E-state index >= 15 is 0 Å². The molecule has 0 unspecified atom stereocenters. The van der Waals surface area contributed by atoms with E-state index in [-0.39, 0.29) is 0 Å². The van der Waals surface area contributed by atoms with Crippen LogP contribution in [0.4, 0.5) is 5.95 Å². The monoisotopic (exact) mass is 206 g/mol. The van der Waals surface area contributed by atoms with E-state index in [1.807, 2.05) is 20.0 Å². The SMILES string of the molecule is Cc1cnc(N2CCN(C)CC2)nc1C. The molecule has 1 aliphatic heterocycles. The van der Waals surface area contributed by atoms with Gasteiger partial charge in [-0.2, -0.15) is 0 Å². The fraction of sp³-hybridized carbons (Fsp3) is 0.636. The van der Waals surface area contributed by atoms with Crippen LogP contribution in [0, 0.1) is 13.8 Å². The summed E-state index contributed by atoms with van der Waals surface area (Å²) >= 11 is 0. The van der Waals surface area contributed by atoms with Crippen LogP contribution < -0.4 is 4.90 Å². The molecule has 82 valence electrons. The van der Waals surface area contributed by atoms with Crippen LogP contribution in [0.5, 0.6) is 0 Å². The molecule has 1 aliphatic rings. The van der Waals surface area contributed by atoms with Gasteiger partial charge in [0.2, 0.25) is 5.95 Å². The van der Waals surface area contributed by atoms with Gasteiger partial charge in [-0.05, 0) is 26.5 Å².